The Kier molecular flexibility index (Phi) is 2.88. The number of fused-ring (bicyclic) bond motifs is 1. The number of nitrogens with zero attached hydrogens (tertiary/aromatic N) is 1. The average molecular weight is 245 g/mol. The molecule has 1 aromatic carbocycles. The largest absolute Gasteiger partial charge is 0.345 e. The first-order chi connectivity index (χ1) is 8.72. The number of hydrogen-bond donors (Lipinski definition) is 2. The molecular formula is C14H16FN3. The van der Waals surface area contributed by atoms with Crippen LogP contribution in [-0.2, 0) is 19.3 Å². The summed E-state index contributed by atoms with van der Waals surface area (Å²) in [6, 6.07) is 7.04. The van der Waals surface area contributed by atoms with E-state index in [0.717, 1.165) is 36.5 Å². The fraction of sp³-hybridized carbons (Fsp3) is 0.357. The quantitative estimate of drug-likeness (QED) is 0.849. The van der Waals surface area contributed by atoms with Gasteiger partial charge in [0.2, 0.25) is 0 Å². The molecule has 1 heterocycles. The van der Waals surface area contributed by atoms with Crippen LogP contribution in [0, 0.1) is 5.82 Å². The summed E-state index contributed by atoms with van der Waals surface area (Å²) in [6.45, 7) is 0. The lowest BCUT2D eigenvalue weighted by molar-refractivity contribution is 0.565. The van der Waals surface area contributed by atoms with Crippen LogP contribution in [0.25, 0.3) is 0 Å². The van der Waals surface area contributed by atoms with Crippen molar-refractivity contribution < 1.29 is 4.39 Å². The summed E-state index contributed by atoms with van der Waals surface area (Å²) in [7, 11) is 0. The maximum absolute atomic E-state index is 13.6. The minimum Gasteiger partial charge on any atom is -0.345 e. The van der Waals surface area contributed by atoms with Gasteiger partial charge >= 0.3 is 0 Å². The van der Waals surface area contributed by atoms with Gasteiger partial charge in [-0.3, -0.25) is 0 Å². The molecule has 0 aliphatic heterocycles. The number of H-pyrrole nitrogens is 1. The lowest BCUT2D eigenvalue weighted by atomic mass is 9.97. The summed E-state index contributed by atoms with van der Waals surface area (Å²) in [5.41, 5.74) is 8.83. The fourth-order valence-corrected chi connectivity index (χ4v) is 2.47. The van der Waals surface area contributed by atoms with Crippen LogP contribution in [-0.4, -0.2) is 16.0 Å². The van der Waals surface area contributed by atoms with Crippen LogP contribution in [0.5, 0.6) is 0 Å². The number of aromatic nitrogens is 2. The third-order valence-electron chi connectivity index (χ3n) is 3.45. The SMILES string of the molecule is NC1CCc2nc(Cc3ccccc3F)[nH]c2C1. The molecule has 0 bridgehead atoms. The number of benzene rings is 1. The molecule has 0 amide bonds. The Labute approximate surface area is 105 Å². The standard InChI is InChI=1S/C14H16FN3/c15-11-4-2-1-3-9(11)7-14-17-12-6-5-10(16)8-13(12)18-14/h1-4,10H,5-8,16H2,(H,17,18). The fourth-order valence-electron chi connectivity index (χ4n) is 2.47. The van der Waals surface area contributed by atoms with Crippen molar-refractivity contribution in [2.75, 3.05) is 0 Å². The van der Waals surface area contributed by atoms with Crippen molar-refractivity contribution in [2.24, 2.45) is 5.73 Å². The summed E-state index contributed by atoms with van der Waals surface area (Å²) in [6.07, 6.45) is 3.26. The first-order valence-corrected chi connectivity index (χ1v) is 6.28. The van der Waals surface area contributed by atoms with Crippen molar-refractivity contribution in [1.82, 2.24) is 9.97 Å². The molecule has 0 radical (unpaired) electrons. The van der Waals surface area contributed by atoms with Crippen molar-refractivity contribution in [3.8, 4) is 0 Å². The molecular weight excluding hydrogens is 229 g/mol. The minimum atomic E-state index is -0.177. The van der Waals surface area contributed by atoms with Crippen molar-refractivity contribution in [1.29, 1.82) is 0 Å². The van der Waals surface area contributed by atoms with E-state index in [9.17, 15) is 4.39 Å². The number of hydrogen-bond acceptors (Lipinski definition) is 2. The van der Waals surface area contributed by atoms with E-state index in [1.54, 1.807) is 12.1 Å². The third-order valence-corrected chi connectivity index (χ3v) is 3.45. The zero-order valence-electron chi connectivity index (χ0n) is 10.1. The summed E-state index contributed by atoms with van der Waals surface area (Å²) in [5, 5.41) is 0. The Bertz CT molecular complexity index is 562. The molecule has 3 N–H and O–H groups in total. The van der Waals surface area contributed by atoms with Crippen LogP contribution >= 0.6 is 0 Å². The van der Waals surface area contributed by atoms with Gasteiger partial charge in [-0.15, -0.1) is 0 Å². The Morgan fingerprint density at radius 2 is 2.22 bits per heavy atom. The molecule has 3 rings (SSSR count). The Hall–Kier alpha value is -1.68. The molecule has 1 atom stereocenters. The van der Waals surface area contributed by atoms with E-state index in [0.29, 0.717) is 12.0 Å². The maximum Gasteiger partial charge on any atom is 0.126 e. The number of aromatic amines is 1. The van der Waals surface area contributed by atoms with Crippen molar-refractivity contribution >= 4 is 0 Å². The van der Waals surface area contributed by atoms with Crippen molar-refractivity contribution in [3.05, 3.63) is 52.9 Å². The average Bonchev–Trinajstić information content (AvgIpc) is 2.73. The van der Waals surface area contributed by atoms with Crippen LogP contribution in [0.1, 0.15) is 29.2 Å². The van der Waals surface area contributed by atoms with E-state index in [1.807, 2.05) is 6.07 Å². The van der Waals surface area contributed by atoms with Gasteiger partial charge in [0.15, 0.2) is 0 Å². The second kappa shape index (κ2) is 4.53. The van der Waals surface area contributed by atoms with Gasteiger partial charge in [0.05, 0.1) is 5.69 Å². The predicted molar refractivity (Wildman–Crippen MR) is 67.8 cm³/mol. The second-order valence-corrected chi connectivity index (χ2v) is 4.88. The highest BCUT2D eigenvalue weighted by Gasteiger charge is 2.19. The van der Waals surface area contributed by atoms with Gasteiger partial charge in [0.25, 0.3) is 0 Å². The molecule has 0 spiro atoms. The molecule has 1 aliphatic carbocycles. The number of nitrogens with one attached hydrogen (secondary N) is 1. The van der Waals surface area contributed by atoms with Crippen LogP contribution in [0.4, 0.5) is 4.39 Å². The van der Waals surface area contributed by atoms with Gasteiger partial charge in [-0.25, -0.2) is 9.37 Å². The molecule has 0 saturated carbocycles. The molecule has 3 nitrogen and oxygen atoms in total. The Morgan fingerprint density at radius 1 is 1.39 bits per heavy atom. The van der Waals surface area contributed by atoms with Crippen LogP contribution < -0.4 is 5.73 Å². The molecule has 0 saturated heterocycles. The van der Waals surface area contributed by atoms with E-state index < -0.39 is 0 Å². The third kappa shape index (κ3) is 2.16. The van der Waals surface area contributed by atoms with E-state index in [-0.39, 0.29) is 11.9 Å². The van der Waals surface area contributed by atoms with Gasteiger partial charge in [0.1, 0.15) is 11.6 Å². The highest BCUT2D eigenvalue weighted by Crippen LogP contribution is 2.20. The monoisotopic (exact) mass is 245 g/mol. The van der Waals surface area contributed by atoms with Gasteiger partial charge in [-0.1, -0.05) is 18.2 Å². The number of rotatable bonds is 2. The summed E-state index contributed by atoms with van der Waals surface area (Å²) >= 11 is 0. The van der Waals surface area contributed by atoms with Gasteiger partial charge in [-0.05, 0) is 24.5 Å². The molecule has 2 aromatic rings. The van der Waals surface area contributed by atoms with E-state index in [1.165, 1.54) is 6.07 Å². The van der Waals surface area contributed by atoms with Crippen LogP contribution in [0.2, 0.25) is 0 Å². The van der Waals surface area contributed by atoms with Gasteiger partial charge in [-0.2, -0.15) is 0 Å². The molecule has 1 aliphatic rings. The molecule has 1 aromatic heterocycles. The number of aryl methyl sites for hydroxylation is 1. The summed E-state index contributed by atoms with van der Waals surface area (Å²) < 4.78 is 13.6. The van der Waals surface area contributed by atoms with Crippen LogP contribution in [0.15, 0.2) is 24.3 Å². The van der Waals surface area contributed by atoms with Gasteiger partial charge < -0.3 is 10.7 Å². The molecule has 1 unspecified atom stereocenters. The van der Waals surface area contributed by atoms with Crippen LogP contribution in [0.3, 0.4) is 0 Å². The summed E-state index contributed by atoms with van der Waals surface area (Å²) in [5.74, 6) is 0.655. The molecule has 4 heteroatoms. The zero-order valence-corrected chi connectivity index (χ0v) is 10.1. The first kappa shape index (κ1) is 11.4. The molecule has 0 fully saturated rings. The second-order valence-electron chi connectivity index (χ2n) is 4.88. The minimum absolute atomic E-state index is 0.177. The first-order valence-electron chi connectivity index (χ1n) is 6.28. The maximum atomic E-state index is 13.6. The smallest absolute Gasteiger partial charge is 0.126 e. The number of halogens is 1. The lowest BCUT2D eigenvalue weighted by Gasteiger charge is -2.15. The van der Waals surface area contributed by atoms with E-state index in [2.05, 4.69) is 9.97 Å². The predicted octanol–water partition coefficient (Wildman–Crippen LogP) is 1.96. The van der Waals surface area contributed by atoms with Crippen molar-refractivity contribution in [2.45, 2.75) is 31.7 Å². The van der Waals surface area contributed by atoms with Gasteiger partial charge in [0, 0.05) is 24.6 Å². The highest BCUT2D eigenvalue weighted by atomic mass is 19.1. The Morgan fingerprint density at radius 3 is 3.06 bits per heavy atom. The van der Waals surface area contributed by atoms with E-state index >= 15 is 0 Å². The number of nitrogens with two attached hydrogens (primary N) is 1. The normalized spacial score (nSPS) is 18.7. The topological polar surface area (TPSA) is 54.7 Å². The lowest BCUT2D eigenvalue weighted by Crippen LogP contribution is -2.27. The highest BCUT2D eigenvalue weighted by molar-refractivity contribution is 5.25. The molecule has 18 heavy (non-hydrogen) atoms. The van der Waals surface area contributed by atoms with E-state index in [4.69, 9.17) is 5.73 Å². The zero-order chi connectivity index (χ0) is 12.5. The number of imidazole rings is 1. The Balaban J connectivity index is 1.84. The van der Waals surface area contributed by atoms with Crippen molar-refractivity contribution in [3.63, 3.8) is 0 Å². The molecule has 94 valence electrons. The summed E-state index contributed by atoms with van der Waals surface area (Å²) in [4.78, 5) is 7.83.